The molecule has 2 aromatic rings. The van der Waals surface area contributed by atoms with Gasteiger partial charge in [-0.25, -0.2) is 0 Å². The van der Waals surface area contributed by atoms with Crippen molar-refractivity contribution >= 4 is 23.5 Å². The molecule has 1 amide bonds. The minimum Gasteiger partial charge on any atom is -0.493 e. The van der Waals surface area contributed by atoms with Gasteiger partial charge in [0.15, 0.2) is 11.5 Å². The highest BCUT2D eigenvalue weighted by Crippen LogP contribution is 2.50. The van der Waals surface area contributed by atoms with Crippen molar-refractivity contribution in [2.45, 2.75) is 24.8 Å². The van der Waals surface area contributed by atoms with Crippen LogP contribution in [0, 0.1) is 5.92 Å². The number of nitrogens with one attached hydrogen (secondary N) is 1. The molecule has 7 heteroatoms. The summed E-state index contributed by atoms with van der Waals surface area (Å²) < 4.78 is 15.4. The monoisotopic (exact) mass is 417 g/mol. The molecule has 3 unspecified atom stereocenters. The van der Waals surface area contributed by atoms with Gasteiger partial charge in [-0.1, -0.05) is 35.9 Å². The number of hydrogen-bond donors (Lipinski definition) is 1. The van der Waals surface area contributed by atoms with E-state index in [2.05, 4.69) is 5.32 Å². The van der Waals surface area contributed by atoms with Crippen LogP contribution in [0.4, 0.5) is 0 Å². The highest BCUT2D eigenvalue weighted by molar-refractivity contribution is 6.31. The highest BCUT2D eigenvalue weighted by atomic mass is 35.5. The molecule has 0 radical (unpaired) electrons. The van der Waals surface area contributed by atoms with Gasteiger partial charge in [-0.15, -0.1) is 0 Å². The molecule has 0 bridgehead atoms. The van der Waals surface area contributed by atoms with Crippen LogP contribution in [0.2, 0.25) is 5.02 Å². The van der Waals surface area contributed by atoms with Gasteiger partial charge in [0.1, 0.15) is 0 Å². The van der Waals surface area contributed by atoms with Gasteiger partial charge in [-0.05, 0) is 41.7 Å². The van der Waals surface area contributed by atoms with Gasteiger partial charge >= 0.3 is 5.97 Å². The summed E-state index contributed by atoms with van der Waals surface area (Å²) in [7, 11) is 4.41. The van der Waals surface area contributed by atoms with Crippen molar-refractivity contribution in [2.75, 3.05) is 21.3 Å². The number of ether oxygens (including phenoxy) is 3. The van der Waals surface area contributed by atoms with E-state index in [-0.39, 0.29) is 24.2 Å². The van der Waals surface area contributed by atoms with Crippen LogP contribution in [0.5, 0.6) is 11.5 Å². The van der Waals surface area contributed by atoms with Crippen LogP contribution in [-0.4, -0.2) is 33.2 Å². The number of benzene rings is 2. The molecular weight excluding hydrogens is 394 g/mol. The normalized spacial score (nSPS) is 18.5. The Morgan fingerprint density at radius 3 is 2.48 bits per heavy atom. The van der Waals surface area contributed by atoms with Crippen molar-refractivity contribution < 1.29 is 23.8 Å². The fourth-order valence-electron chi connectivity index (χ4n) is 3.45. The minimum absolute atomic E-state index is 0.0151. The number of methoxy groups -OCH3 is 3. The summed E-state index contributed by atoms with van der Waals surface area (Å²) in [5, 5.41) is 3.65. The zero-order valence-corrected chi connectivity index (χ0v) is 17.4. The maximum atomic E-state index is 12.9. The Morgan fingerprint density at radius 2 is 1.83 bits per heavy atom. The lowest BCUT2D eigenvalue weighted by atomic mass is 10.0. The fourth-order valence-corrected chi connectivity index (χ4v) is 3.73. The van der Waals surface area contributed by atoms with Crippen LogP contribution in [0.3, 0.4) is 0 Å². The zero-order valence-electron chi connectivity index (χ0n) is 16.6. The third-order valence-corrected chi connectivity index (χ3v) is 5.50. The molecule has 3 rings (SSSR count). The Hall–Kier alpha value is -2.73. The van der Waals surface area contributed by atoms with E-state index in [1.807, 2.05) is 24.3 Å². The summed E-state index contributed by atoms with van der Waals surface area (Å²) in [5.74, 6) is 0.486. The predicted molar refractivity (Wildman–Crippen MR) is 109 cm³/mol. The van der Waals surface area contributed by atoms with Crippen LogP contribution in [0.1, 0.15) is 35.9 Å². The highest BCUT2D eigenvalue weighted by Gasteiger charge is 2.45. The molecule has 6 nitrogen and oxygen atoms in total. The van der Waals surface area contributed by atoms with Gasteiger partial charge in [0.25, 0.3) is 0 Å². The van der Waals surface area contributed by atoms with E-state index >= 15 is 0 Å². The molecule has 3 atom stereocenters. The minimum atomic E-state index is -0.540. The van der Waals surface area contributed by atoms with Crippen LogP contribution < -0.4 is 14.8 Å². The molecular formula is C22H24ClNO5. The molecule has 0 saturated heterocycles. The standard InChI is InChI=1S/C22H24ClNO5/c1-27-19-9-8-13(10-20(19)28-2)18(12-21(25)29-3)24-22(26)16-11-15(16)14-6-4-5-7-17(14)23/h4-10,15-16,18H,11-12H2,1-3H3,(H,24,26). The zero-order chi connectivity index (χ0) is 21.0. The largest absolute Gasteiger partial charge is 0.493 e. The molecule has 1 N–H and O–H groups in total. The lowest BCUT2D eigenvalue weighted by Crippen LogP contribution is -2.32. The number of amides is 1. The second kappa shape index (κ2) is 9.18. The average molecular weight is 418 g/mol. The van der Waals surface area contributed by atoms with Crippen LogP contribution in [-0.2, 0) is 14.3 Å². The second-order valence-corrected chi connectivity index (χ2v) is 7.33. The van der Waals surface area contributed by atoms with E-state index in [0.29, 0.717) is 16.5 Å². The Bertz CT molecular complexity index is 901. The Kier molecular flexibility index (Phi) is 6.64. The molecule has 0 aliphatic heterocycles. The number of hydrogen-bond acceptors (Lipinski definition) is 5. The lowest BCUT2D eigenvalue weighted by Gasteiger charge is -2.20. The molecule has 1 aliphatic rings. The number of halogens is 1. The molecule has 1 aliphatic carbocycles. The summed E-state index contributed by atoms with van der Waals surface area (Å²) in [6, 6.07) is 12.3. The topological polar surface area (TPSA) is 73.9 Å². The molecule has 1 fully saturated rings. The molecule has 2 aromatic carbocycles. The average Bonchev–Trinajstić information content (AvgIpc) is 3.53. The van der Waals surface area contributed by atoms with Crippen LogP contribution in [0.25, 0.3) is 0 Å². The van der Waals surface area contributed by atoms with E-state index in [0.717, 1.165) is 17.5 Å². The maximum absolute atomic E-state index is 12.9. The summed E-state index contributed by atoms with van der Waals surface area (Å²) in [6.45, 7) is 0. The molecule has 0 aromatic heterocycles. The van der Waals surface area contributed by atoms with Gasteiger partial charge in [0, 0.05) is 10.9 Å². The van der Waals surface area contributed by atoms with E-state index in [4.69, 9.17) is 25.8 Å². The summed E-state index contributed by atoms with van der Waals surface area (Å²) in [4.78, 5) is 24.8. The Balaban J connectivity index is 1.77. The molecule has 29 heavy (non-hydrogen) atoms. The van der Waals surface area contributed by atoms with E-state index in [9.17, 15) is 9.59 Å². The predicted octanol–water partition coefficient (Wildman–Crippen LogP) is 3.88. The number of carbonyl (C=O) groups is 2. The maximum Gasteiger partial charge on any atom is 0.307 e. The van der Waals surface area contributed by atoms with Gasteiger partial charge < -0.3 is 19.5 Å². The molecule has 1 saturated carbocycles. The van der Waals surface area contributed by atoms with E-state index in [1.165, 1.54) is 14.2 Å². The molecule has 0 spiro atoms. The number of rotatable bonds is 8. The molecule has 154 valence electrons. The first-order valence-corrected chi connectivity index (χ1v) is 9.69. The van der Waals surface area contributed by atoms with E-state index < -0.39 is 12.0 Å². The lowest BCUT2D eigenvalue weighted by molar-refractivity contribution is -0.141. The Morgan fingerprint density at radius 1 is 1.10 bits per heavy atom. The summed E-state index contributed by atoms with van der Waals surface area (Å²) >= 11 is 6.26. The van der Waals surface area contributed by atoms with Crippen molar-refractivity contribution in [1.82, 2.24) is 5.32 Å². The SMILES string of the molecule is COC(=O)CC(NC(=O)C1CC1c1ccccc1Cl)c1ccc(OC)c(OC)c1. The fraction of sp³-hybridized carbons (Fsp3) is 0.364. The van der Waals surface area contributed by atoms with Gasteiger partial charge in [-0.3, -0.25) is 9.59 Å². The van der Waals surface area contributed by atoms with Crippen LogP contribution in [0.15, 0.2) is 42.5 Å². The van der Waals surface area contributed by atoms with E-state index in [1.54, 1.807) is 25.3 Å². The first kappa shape index (κ1) is 21.0. The molecule has 0 heterocycles. The van der Waals surface area contributed by atoms with Crippen molar-refractivity contribution in [1.29, 1.82) is 0 Å². The second-order valence-electron chi connectivity index (χ2n) is 6.93. The van der Waals surface area contributed by atoms with Gasteiger partial charge in [-0.2, -0.15) is 0 Å². The third kappa shape index (κ3) is 4.82. The number of carbonyl (C=O) groups excluding carboxylic acids is 2. The first-order chi connectivity index (χ1) is 14.0. The van der Waals surface area contributed by atoms with Gasteiger partial charge in [0.05, 0.1) is 33.8 Å². The Labute approximate surface area is 175 Å². The van der Waals surface area contributed by atoms with Crippen molar-refractivity contribution in [3.8, 4) is 11.5 Å². The van der Waals surface area contributed by atoms with Gasteiger partial charge in [0.2, 0.25) is 5.91 Å². The summed E-state index contributed by atoms with van der Waals surface area (Å²) in [6.07, 6.45) is 0.744. The quantitative estimate of drug-likeness (QED) is 0.660. The smallest absolute Gasteiger partial charge is 0.307 e. The third-order valence-electron chi connectivity index (χ3n) is 5.16. The number of esters is 1. The first-order valence-electron chi connectivity index (χ1n) is 9.32. The van der Waals surface area contributed by atoms with Crippen molar-refractivity contribution in [3.05, 3.63) is 58.6 Å². The summed E-state index contributed by atoms with van der Waals surface area (Å²) in [5.41, 5.74) is 1.71. The van der Waals surface area contributed by atoms with Crippen LogP contribution >= 0.6 is 11.6 Å². The van der Waals surface area contributed by atoms with Crippen molar-refractivity contribution in [3.63, 3.8) is 0 Å². The van der Waals surface area contributed by atoms with Crippen molar-refractivity contribution in [2.24, 2.45) is 5.92 Å².